The Labute approximate surface area is 96.3 Å². The van der Waals surface area contributed by atoms with Crippen molar-refractivity contribution in [3.8, 4) is 0 Å². The average molecular weight is 236 g/mol. The van der Waals surface area contributed by atoms with Gasteiger partial charge in [-0.15, -0.1) is 0 Å². The van der Waals surface area contributed by atoms with E-state index in [9.17, 15) is 9.59 Å². The minimum atomic E-state index is -1.43. The number of carboxylic acid groups (broad SMARTS) is 1. The Morgan fingerprint density at radius 1 is 1.41 bits per heavy atom. The highest BCUT2D eigenvalue weighted by molar-refractivity contribution is 5.91. The molecular formula is C10H10N3O4+. The molecule has 1 unspecified atom stereocenters. The van der Waals surface area contributed by atoms with Crippen LogP contribution in [0, 0.1) is 5.53 Å². The molecule has 0 aliphatic heterocycles. The van der Waals surface area contributed by atoms with E-state index in [0.29, 0.717) is 0 Å². The standard InChI is InChI=1S/C10H9N3O4/c11-13-12-6-8(9(14)15)17-10(16)7-4-2-1-3-5-7/h1-5,8,11H,6H2/p+1. The maximum absolute atomic E-state index is 11.5. The zero-order valence-corrected chi connectivity index (χ0v) is 8.74. The molecular weight excluding hydrogens is 226 g/mol. The zero-order chi connectivity index (χ0) is 12.7. The molecule has 0 saturated heterocycles. The number of carbonyl (C=O) groups is 2. The molecule has 0 saturated carbocycles. The monoisotopic (exact) mass is 236 g/mol. The van der Waals surface area contributed by atoms with Crippen LogP contribution in [0.25, 0.3) is 0 Å². The topological polar surface area (TPSA) is 114 Å². The maximum Gasteiger partial charge on any atom is 0.347 e. The van der Waals surface area contributed by atoms with Crippen molar-refractivity contribution in [2.24, 2.45) is 5.11 Å². The number of aliphatic carboxylic acids is 1. The lowest BCUT2D eigenvalue weighted by molar-refractivity contribution is -0.146. The lowest BCUT2D eigenvalue weighted by Gasteiger charge is -2.09. The van der Waals surface area contributed by atoms with E-state index in [1.807, 2.05) is 0 Å². The van der Waals surface area contributed by atoms with Crippen molar-refractivity contribution in [2.75, 3.05) is 6.54 Å². The summed E-state index contributed by atoms with van der Waals surface area (Å²) in [4.78, 5) is 24.9. The molecule has 0 radical (unpaired) electrons. The maximum atomic E-state index is 11.5. The van der Waals surface area contributed by atoms with Crippen LogP contribution in [-0.2, 0) is 9.53 Å². The number of ether oxygens (including phenoxy) is 1. The second kappa shape index (κ2) is 6.14. The normalized spacial score (nSPS) is 11.1. The number of rotatable bonds is 5. The van der Waals surface area contributed by atoms with Gasteiger partial charge in [-0.3, -0.25) is 0 Å². The Morgan fingerprint density at radius 2 is 2.06 bits per heavy atom. The van der Waals surface area contributed by atoms with E-state index in [1.165, 1.54) is 12.1 Å². The molecule has 0 bridgehead atoms. The Hall–Kier alpha value is -2.53. The van der Waals surface area contributed by atoms with Crippen LogP contribution in [0.15, 0.2) is 35.4 Å². The fraction of sp³-hybridized carbons (Fsp3) is 0.200. The van der Waals surface area contributed by atoms with Crippen LogP contribution in [0.1, 0.15) is 10.4 Å². The fourth-order valence-corrected chi connectivity index (χ4v) is 1.05. The van der Waals surface area contributed by atoms with Gasteiger partial charge in [0.15, 0.2) is 6.54 Å². The van der Waals surface area contributed by atoms with Gasteiger partial charge in [-0.05, 0) is 12.1 Å². The number of hydrogen-bond acceptors (Lipinski definition) is 5. The molecule has 1 aromatic carbocycles. The molecule has 0 fully saturated rings. The summed E-state index contributed by atoms with van der Waals surface area (Å²) in [5.74, 6) is -2.08. The van der Waals surface area contributed by atoms with Crippen molar-refractivity contribution < 1.29 is 19.4 Å². The molecule has 7 nitrogen and oxygen atoms in total. The summed E-state index contributed by atoms with van der Waals surface area (Å²) >= 11 is 0. The Bertz CT molecular complexity index is 454. The van der Waals surface area contributed by atoms with Crippen LogP contribution in [0.3, 0.4) is 0 Å². The highest BCUT2D eigenvalue weighted by Gasteiger charge is 2.24. The van der Waals surface area contributed by atoms with Gasteiger partial charge < -0.3 is 9.84 Å². The highest BCUT2D eigenvalue weighted by atomic mass is 16.6. The smallest absolute Gasteiger partial charge is 0.347 e. The Morgan fingerprint density at radius 3 is 2.59 bits per heavy atom. The second-order valence-corrected chi connectivity index (χ2v) is 3.02. The number of carboxylic acids is 1. The van der Waals surface area contributed by atoms with E-state index in [0.717, 1.165) is 0 Å². The summed E-state index contributed by atoms with van der Waals surface area (Å²) in [6.07, 6.45) is -1.43. The SMILES string of the molecule is N=[N+]=NCC(OC(=O)c1ccccc1)C(=O)O. The van der Waals surface area contributed by atoms with E-state index in [2.05, 4.69) is 10.0 Å². The first-order valence-corrected chi connectivity index (χ1v) is 4.67. The summed E-state index contributed by atoms with van der Waals surface area (Å²) in [6.45, 7) is -0.378. The minimum Gasteiger partial charge on any atom is -0.478 e. The second-order valence-electron chi connectivity index (χ2n) is 3.02. The predicted octanol–water partition coefficient (Wildman–Crippen LogP) is 0.847. The first-order valence-electron chi connectivity index (χ1n) is 4.67. The number of nitrogens with zero attached hydrogens (tertiary/aromatic N) is 2. The molecule has 1 aromatic rings. The summed E-state index contributed by atoms with van der Waals surface area (Å²) in [5, 5.41) is 11.9. The summed E-state index contributed by atoms with van der Waals surface area (Å²) in [7, 11) is 0. The number of carbonyl (C=O) groups excluding carboxylic acids is 1. The molecule has 0 aliphatic carbocycles. The Kier molecular flexibility index (Phi) is 4.53. The zero-order valence-electron chi connectivity index (χ0n) is 8.74. The van der Waals surface area contributed by atoms with E-state index < -0.39 is 18.0 Å². The molecule has 1 atom stereocenters. The third-order valence-corrected chi connectivity index (χ3v) is 1.85. The Balaban J connectivity index is 2.71. The number of nitrogens with one attached hydrogen (secondary N) is 1. The van der Waals surface area contributed by atoms with Gasteiger partial charge in [0.05, 0.1) is 5.56 Å². The fourth-order valence-electron chi connectivity index (χ4n) is 1.05. The van der Waals surface area contributed by atoms with E-state index >= 15 is 0 Å². The van der Waals surface area contributed by atoms with Gasteiger partial charge in [0.2, 0.25) is 11.0 Å². The van der Waals surface area contributed by atoms with Gasteiger partial charge in [-0.25, -0.2) is 9.59 Å². The van der Waals surface area contributed by atoms with Crippen LogP contribution >= 0.6 is 0 Å². The first-order chi connectivity index (χ1) is 8.15. The van der Waals surface area contributed by atoms with Crippen LogP contribution in [-0.4, -0.2) is 29.7 Å². The van der Waals surface area contributed by atoms with Crippen LogP contribution in [0.2, 0.25) is 0 Å². The summed E-state index contributed by atoms with van der Waals surface area (Å²) in [5.41, 5.74) is 6.66. The van der Waals surface area contributed by atoms with E-state index in [-0.39, 0.29) is 12.1 Å². The quantitative estimate of drug-likeness (QED) is 0.448. The summed E-state index contributed by atoms with van der Waals surface area (Å²) in [6, 6.07) is 8.01. The third-order valence-electron chi connectivity index (χ3n) is 1.85. The van der Waals surface area contributed by atoms with Crippen molar-refractivity contribution >= 4 is 11.9 Å². The molecule has 1 rings (SSSR count). The molecule has 0 amide bonds. The van der Waals surface area contributed by atoms with Crippen molar-refractivity contribution in [1.29, 1.82) is 5.53 Å². The van der Waals surface area contributed by atoms with Crippen LogP contribution in [0.4, 0.5) is 0 Å². The average Bonchev–Trinajstić information content (AvgIpc) is 2.35. The molecule has 17 heavy (non-hydrogen) atoms. The number of benzene rings is 1. The largest absolute Gasteiger partial charge is 0.478 e. The predicted molar refractivity (Wildman–Crippen MR) is 55.4 cm³/mol. The molecule has 0 aromatic heterocycles. The lowest BCUT2D eigenvalue weighted by Crippen LogP contribution is -2.29. The molecule has 88 valence electrons. The number of hydrogen-bond donors (Lipinski definition) is 2. The first kappa shape index (κ1) is 12.5. The highest BCUT2D eigenvalue weighted by Crippen LogP contribution is 2.04. The van der Waals surface area contributed by atoms with Crippen molar-refractivity contribution in [1.82, 2.24) is 4.91 Å². The summed E-state index contributed by atoms with van der Waals surface area (Å²) < 4.78 is 4.72. The molecule has 7 heteroatoms. The van der Waals surface area contributed by atoms with Gasteiger partial charge in [0.25, 0.3) is 0 Å². The van der Waals surface area contributed by atoms with Gasteiger partial charge in [0, 0.05) is 0 Å². The molecule has 0 heterocycles. The van der Waals surface area contributed by atoms with Crippen molar-refractivity contribution in [3.63, 3.8) is 0 Å². The van der Waals surface area contributed by atoms with Crippen LogP contribution < -0.4 is 4.91 Å². The minimum absolute atomic E-state index is 0.251. The van der Waals surface area contributed by atoms with Gasteiger partial charge in [-0.2, -0.15) is 0 Å². The molecule has 2 N–H and O–H groups in total. The van der Waals surface area contributed by atoms with Gasteiger partial charge in [0.1, 0.15) is 10.6 Å². The van der Waals surface area contributed by atoms with E-state index in [1.54, 1.807) is 18.2 Å². The van der Waals surface area contributed by atoms with Gasteiger partial charge >= 0.3 is 11.9 Å². The third kappa shape index (κ3) is 3.84. The van der Waals surface area contributed by atoms with Gasteiger partial charge in [-0.1, -0.05) is 18.2 Å². The van der Waals surface area contributed by atoms with Crippen molar-refractivity contribution in [2.45, 2.75) is 6.10 Å². The van der Waals surface area contributed by atoms with Crippen LogP contribution in [0.5, 0.6) is 0 Å². The molecule has 0 spiro atoms. The lowest BCUT2D eigenvalue weighted by atomic mass is 10.2. The van der Waals surface area contributed by atoms with E-state index in [4.69, 9.17) is 15.4 Å². The molecule has 0 aliphatic rings. The van der Waals surface area contributed by atoms with Crippen molar-refractivity contribution in [3.05, 3.63) is 35.9 Å². The number of esters is 1.